The number of benzene rings is 1. The number of halogens is 1. The standard InChI is InChI=1S/C16H21FN4S/c1-10-6-21(7-11(2)20(10)3)16-5-13(17)12(4-14(16)18)15-8-22-9-19-15/h4-5,8-11H,6-7,18H2,1-3H3/t10-,11+. The summed E-state index contributed by atoms with van der Waals surface area (Å²) in [5.41, 5.74) is 10.4. The summed E-state index contributed by atoms with van der Waals surface area (Å²) in [5.74, 6) is -0.269. The molecule has 0 radical (unpaired) electrons. The zero-order valence-corrected chi connectivity index (χ0v) is 13.9. The fraction of sp³-hybridized carbons (Fsp3) is 0.438. The third-order valence-corrected chi connectivity index (χ3v) is 5.11. The molecule has 118 valence electrons. The Hall–Kier alpha value is -1.66. The molecule has 0 bridgehead atoms. The third kappa shape index (κ3) is 2.68. The Kier molecular flexibility index (Phi) is 4.06. The van der Waals surface area contributed by atoms with Crippen LogP contribution < -0.4 is 10.6 Å². The van der Waals surface area contributed by atoms with Gasteiger partial charge in [0.15, 0.2) is 0 Å². The minimum Gasteiger partial charge on any atom is -0.397 e. The molecular weight excluding hydrogens is 299 g/mol. The Bertz CT molecular complexity index is 646. The Morgan fingerprint density at radius 1 is 1.27 bits per heavy atom. The predicted molar refractivity (Wildman–Crippen MR) is 90.8 cm³/mol. The van der Waals surface area contributed by atoms with Crippen LogP contribution in [0.4, 0.5) is 15.8 Å². The molecule has 2 heterocycles. The molecule has 6 heteroatoms. The van der Waals surface area contributed by atoms with E-state index in [9.17, 15) is 4.39 Å². The van der Waals surface area contributed by atoms with E-state index < -0.39 is 0 Å². The topological polar surface area (TPSA) is 45.4 Å². The molecule has 1 aliphatic heterocycles. The van der Waals surface area contributed by atoms with Crippen LogP contribution in [0.25, 0.3) is 11.3 Å². The van der Waals surface area contributed by atoms with Crippen molar-refractivity contribution in [2.24, 2.45) is 0 Å². The van der Waals surface area contributed by atoms with Gasteiger partial charge in [0.1, 0.15) is 5.82 Å². The van der Waals surface area contributed by atoms with Crippen molar-refractivity contribution in [1.82, 2.24) is 9.88 Å². The lowest BCUT2D eigenvalue weighted by molar-refractivity contribution is 0.170. The van der Waals surface area contributed by atoms with E-state index in [2.05, 4.69) is 35.7 Å². The van der Waals surface area contributed by atoms with Gasteiger partial charge in [-0.15, -0.1) is 11.3 Å². The van der Waals surface area contributed by atoms with Crippen molar-refractivity contribution < 1.29 is 4.39 Å². The van der Waals surface area contributed by atoms with Crippen LogP contribution in [0.3, 0.4) is 0 Å². The molecule has 3 rings (SSSR count). The van der Waals surface area contributed by atoms with E-state index in [0.29, 0.717) is 29.0 Å². The number of nitrogens with two attached hydrogens (primary N) is 1. The molecular formula is C16H21FN4S. The molecule has 2 N–H and O–H groups in total. The quantitative estimate of drug-likeness (QED) is 0.864. The first-order chi connectivity index (χ1) is 10.5. The number of aromatic nitrogens is 1. The molecule has 1 aliphatic rings. The summed E-state index contributed by atoms with van der Waals surface area (Å²) in [6, 6.07) is 4.07. The zero-order valence-electron chi connectivity index (χ0n) is 13.1. The predicted octanol–water partition coefficient (Wildman–Crippen LogP) is 3.06. The van der Waals surface area contributed by atoms with E-state index in [1.807, 2.05) is 5.38 Å². The number of piperazine rings is 1. The van der Waals surface area contributed by atoms with Gasteiger partial charge in [0.2, 0.25) is 0 Å². The maximum atomic E-state index is 14.5. The molecule has 2 aromatic rings. The Morgan fingerprint density at radius 3 is 2.55 bits per heavy atom. The summed E-state index contributed by atoms with van der Waals surface area (Å²) < 4.78 is 14.5. The number of anilines is 2. The summed E-state index contributed by atoms with van der Waals surface area (Å²) >= 11 is 1.45. The van der Waals surface area contributed by atoms with E-state index in [1.54, 1.807) is 17.6 Å². The van der Waals surface area contributed by atoms with Gasteiger partial charge in [-0.05, 0) is 33.0 Å². The summed E-state index contributed by atoms with van der Waals surface area (Å²) in [7, 11) is 2.13. The lowest BCUT2D eigenvalue weighted by atomic mass is 10.1. The van der Waals surface area contributed by atoms with Gasteiger partial charge in [-0.1, -0.05) is 0 Å². The number of thiazole rings is 1. The fourth-order valence-corrected chi connectivity index (χ4v) is 3.55. The number of hydrogen-bond acceptors (Lipinski definition) is 5. The van der Waals surface area contributed by atoms with Gasteiger partial charge in [-0.25, -0.2) is 9.37 Å². The average molecular weight is 320 g/mol. The third-order valence-electron chi connectivity index (χ3n) is 4.53. The van der Waals surface area contributed by atoms with Crippen LogP contribution >= 0.6 is 11.3 Å². The van der Waals surface area contributed by atoms with Crippen LogP contribution in [0.2, 0.25) is 0 Å². The highest BCUT2D eigenvalue weighted by Crippen LogP contribution is 2.33. The van der Waals surface area contributed by atoms with Crippen LogP contribution in [0, 0.1) is 5.82 Å². The van der Waals surface area contributed by atoms with Gasteiger partial charge in [0, 0.05) is 36.1 Å². The highest BCUT2D eigenvalue weighted by atomic mass is 32.1. The Balaban J connectivity index is 1.94. The molecule has 0 unspecified atom stereocenters. The molecule has 0 amide bonds. The van der Waals surface area contributed by atoms with Crippen LogP contribution in [-0.4, -0.2) is 42.1 Å². The van der Waals surface area contributed by atoms with Crippen molar-refractivity contribution in [2.75, 3.05) is 30.8 Å². The van der Waals surface area contributed by atoms with Crippen LogP contribution in [-0.2, 0) is 0 Å². The summed E-state index contributed by atoms with van der Waals surface area (Å²) in [6.07, 6.45) is 0. The van der Waals surface area contributed by atoms with Crippen LogP contribution in [0.1, 0.15) is 13.8 Å². The van der Waals surface area contributed by atoms with Crippen molar-refractivity contribution in [3.63, 3.8) is 0 Å². The fourth-order valence-electron chi connectivity index (χ4n) is 3.00. The number of likely N-dealkylation sites (N-methyl/N-ethyl adjacent to an activating group) is 1. The first-order valence-corrected chi connectivity index (χ1v) is 8.36. The molecule has 2 atom stereocenters. The van der Waals surface area contributed by atoms with E-state index in [0.717, 1.165) is 18.8 Å². The minimum absolute atomic E-state index is 0.269. The maximum Gasteiger partial charge on any atom is 0.134 e. The molecule has 0 saturated carbocycles. The van der Waals surface area contributed by atoms with E-state index in [-0.39, 0.29) is 5.82 Å². The molecule has 1 fully saturated rings. The SMILES string of the molecule is C[C@@H]1CN(c2cc(F)c(-c3cscn3)cc2N)C[C@H](C)N1C. The van der Waals surface area contributed by atoms with E-state index in [1.165, 1.54) is 11.3 Å². The Morgan fingerprint density at radius 2 is 1.95 bits per heavy atom. The van der Waals surface area contributed by atoms with Gasteiger partial charge in [-0.2, -0.15) is 0 Å². The largest absolute Gasteiger partial charge is 0.397 e. The normalized spacial score (nSPS) is 23.0. The molecule has 0 spiro atoms. The highest BCUT2D eigenvalue weighted by Gasteiger charge is 2.28. The molecule has 1 saturated heterocycles. The van der Waals surface area contributed by atoms with Crippen molar-refractivity contribution in [3.8, 4) is 11.3 Å². The molecule has 0 aliphatic carbocycles. The molecule has 22 heavy (non-hydrogen) atoms. The second kappa shape index (κ2) is 5.85. The average Bonchev–Trinajstić information content (AvgIpc) is 3.00. The molecule has 1 aromatic carbocycles. The lowest BCUT2D eigenvalue weighted by Crippen LogP contribution is -2.55. The molecule has 1 aromatic heterocycles. The van der Waals surface area contributed by atoms with Gasteiger partial charge in [0.05, 0.1) is 22.6 Å². The highest BCUT2D eigenvalue weighted by molar-refractivity contribution is 7.07. The summed E-state index contributed by atoms with van der Waals surface area (Å²) in [6.45, 7) is 6.05. The number of rotatable bonds is 2. The van der Waals surface area contributed by atoms with Crippen LogP contribution in [0.5, 0.6) is 0 Å². The monoisotopic (exact) mass is 320 g/mol. The summed E-state index contributed by atoms with van der Waals surface area (Å²) in [5, 5.41) is 1.83. The van der Waals surface area contributed by atoms with Gasteiger partial charge >= 0.3 is 0 Å². The maximum absolute atomic E-state index is 14.5. The Labute approximate surface area is 134 Å². The lowest BCUT2D eigenvalue weighted by Gasteiger charge is -2.43. The van der Waals surface area contributed by atoms with E-state index in [4.69, 9.17) is 5.73 Å². The summed E-state index contributed by atoms with van der Waals surface area (Å²) in [4.78, 5) is 8.69. The first-order valence-electron chi connectivity index (χ1n) is 7.42. The van der Waals surface area contributed by atoms with Crippen molar-refractivity contribution in [2.45, 2.75) is 25.9 Å². The van der Waals surface area contributed by atoms with Crippen LogP contribution in [0.15, 0.2) is 23.0 Å². The second-order valence-corrected chi connectivity index (χ2v) is 6.75. The zero-order chi connectivity index (χ0) is 15.9. The number of nitrogens with zero attached hydrogens (tertiary/aromatic N) is 3. The smallest absolute Gasteiger partial charge is 0.134 e. The van der Waals surface area contributed by atoms with E-state index >= 15 is 0 Å². The number of hydrogen-bond donors (Lipinski definition) is 1. The first kappa shape index (κ1) is 15.2. The minimum atomic E-state index is -0.269. The van der Waals surface area contributed by atoms with Crippen molar-refractivity contribution in [1.29, 1.82) is 0 Å². The number of nitrogen functional groups attached to an aromatic ring is 1. The van der Waals surface area contributed by atoms with Gasteiger partial charge in [0.25, 0.3) is 0 Å². The van der Waals surface area contributed by atoms with Gasteiger partial charge in [-0.3, -0.25) is 4.90 Å². The second-order valence-electron chi connectivity index (χ2n) is 6.03. The van der Waals surface area contributed by atoms with Crippen molar-refractivity contribution in [3.05, 3.63) is 28.8 Å². The van der Waals surface area contributed by atoms with Crippen molar-refractivity contribution >= 4 is 22.7 Å². The van der Waals surface area contributed by atoms with Gasteiger partial charge < -0.3 is 10.6 Å². The molecule has 4 nitrogen and oxygen atoms in total.